The van der Waals surface area contributed by atoms with Gasteiger partial charge in [0.15, 0.2) is 0 Å². The highest BCUT2D eigenvalue weighted by molar-refractivity contribution is 5.19. The number of aryl methyl sites for hydroxylation is 3. The van der Waals surface area contributed by atoms with Crippen molar-refractivity contribution in [2.24, 2.45) is 5.90 Å². The van der Waals surface area contributed by atoms with E-state index in [2.05, 4.69) is 23.9 Å². The minimum Gasteiger partial charge on any atom is -0.320 e. The van der Waals surface area contributed by atoms with Gasteiger partial charge >= 0.3 is 0 Å². The highest BCUT2D eigenvalue weighted by Gasteiger charge is 1.90. The average Bonchev–Trinajstić information content (AvgIpc) is 2.02. The summed E-state index contributed by atoms with van der Waals surface area (Å²) in [5, 5.41) is 6.50. The van der Waals surface area contributed by atoms with E-state index >= 15 is 0 Å². The Morgan fingerprint density at radius 3 is 2.09 bits per heavy atom. The molecule has 0 aliphatic carbocycles. The molecule has 0 saturated heterocycles. The standard InChI is InChI=1S/C8H11N.H3NO/c1-6-4-5-7(2)9-8(6)3;1-2/h4-5H,1-3H3;2H,1H2. The van der Waals surface area contributed by atoms with E-state index in [0.717, 1.165) is 11.4 Å². The van der Waals surface area contributed by atoms with Gasteiger partial charge in [-0.25, -0.2) is 5.90 Å². The van der Waals surface area contributed by atoms with Gasteiger partial charge < -0.3 is 5.21 Å². The van der Waals surface area contributed by atoms with Gasteiger partial charge in [0, 0.05) is 11.4 Å². The van der Waals surface area contributed by atoms with Crippen molar-refractivity contribution >= 4 is 0 Å². The second kappa shape index (κ2) is 4.82. The quantitative estimate of drug-likeness (QED) is 0.554. The maximum absolute atomic E-state index is 6.50. The summed E-state index contributed by atoms with van der Waals surface area (Å²) < 4.78 is 0. The van der Waals surface area contributed by atoms with Crippen LogP contribution in [0.5, 0.6) is 0 Å². The van der Waals surface area contributed by atoms with E-state index < -0.39 is 0 Å². The van der Waals surface area contributed by atoms with Gasteiger partial charge in [0.2, 0.25) is 0 Å². The van der Waals surface area contributed by atoms with Gasteiger partial charge in [-0.05, 0) is 32.4 Å². The molecule has 3 nitrogen and oxygen atoms in total. The van der Waals surface area contributed by atoms with E-state index in [9.17, 15) is 0 Å². The van der Waals surface area contributed by atoms with E-state index in [1.165, 1.54) is 5.56 Å². The van der Waals surface area contributed by atoms with Crippen LogP contribution in [0.2, 0.25) is 0 Å². The van der Waals surface area contributed by atoms with Crippen LogP contribution in [0.1, 0.15) is 17.0 Å². The predicted molar refractivity (Wildman–Crippen MR) is 44.4 cm³/mol. The summed E-state index contributed by atoms with van der Waals surface area (Å²) in [6.45, 7) is 6.11. The second-order valence-corrected chi connectivity index (χ2v) is 2.35. The van der Waals surface area contributed by atoms with Crippen LogP contribution >= 0.6 is 0 Å². The summed E-state index contributed by atoms with van der Waals surface area (Å²) in [5.74, 6) is 3.50. The molecule has 0 bridgehead atoms. The Morgan fingerprint density at radius 1 is 1.18 bits per heavy atom. The molecule has 11 heavy (non-hydrogen) atoms. The smallest absolute Gasteiger partial charge is 0.0404 e. The number of aromatic nitrogens is 1. The molecule has 0 unspecified atom stereocenters. The first-order valence-electron chi connectivity index (χ1n) is 3.37. The number of hydrogen-bond acceptors (Lipinski definition) is 3. The summed E-state index contributed by atoms with van der Waals surface area (Å²) in [7, 11) is 0. The Morgan fingerprint density at radius 2 is 1.73 bits per heavy atom. The number of pyridine rings is 1. The van der Waals surface area contributed by atoms with Gasteiger partial charge in [-0.1, -0.05) is 6.07 Å². The number of nitrogens with zero attached hydrogens (tertiary/aromatic N) is 1. The molecule has 0 fully saturated rings. The Bertz CT molecular complexity index is 223. The zero-order valence-electron chi connectivity index (χ0n) is 7.13. The van der Waals surface area contributed by atoms with Crippen LogP contribution in [0.15, 0.2) is 12.1 Å². The van der Waals surface area contributed by atoms with Crippen molar-refractivity contribution in [3.8, 4) is 0 Å². The lowest BCUT2D eigenvalue weighted by molar-refractivity contribution is 0.311. The molecule has 0 spiro atoms. The summed E-state index contributed by atoms with van der Waals surface area (Å²) in [6.07, 6.45) is 0. The molecule has 0 amide bonds. The Hall–Kier alpha value is -0.930. The molecular formula is C8H14N2O. The van der Waals surface area contributed by atoms with E-state index in [-0.39, 0.29) is 0 Å². The van der Waals surface area contributed by atoms with Crippen LogP contribution in [0.4, 0.5) is 0 Å². The Kier molecular flexibility index (Phi) is 4.41. The topological polar surface area (TPSA) is 59.1 Å². The third kappa shape index (κ3) is 3.11. The lowest BCUT2D eigenvalue weighted by Crippen LogP contribution is -1.87. The molecule has 0 aliphatic rings. The normalized spacial score (nSPS) is 8.45. The molecule has 0 aliphatic heterocycles. The maximum atomic E-state index is 6.50. The highest BCUT2D eigenvalue weighted by atomic mass is 16.4. The minimum atomic E-state index is 1.10. The largest absolute Gasteiger partial charge is 0.320 e. The summed E-state index contributed by atoms with van der Waals surface area (Å²) >= 11 is 0. The molecule has 0 radical (unpaired) electrons. The fraction of sp³-hybridized carbons (Fsp3) is 0.375. The maximum Gasteiger partial charge on any atom is 0.0404 e. The van der Waals surface area contributed by atoms with Crippen LogP contribution in [0.25, 0.3) is 0 Å². The summed E-state index contributed by atoms with van der Waals surface area (Å²) in [6, 6.07) is 4.12. The van der Waals surface area contributed by atoms with Gasteiger partial charge in [-0.15, -0.1) is 0 Å². The third-order valence-electron chi connectivity index (χ3n) is 1.49. The molecule has 3 heteroatoms. The number of hydrogen-bond donors (Lipinski definition) is 2. The number of nitrogens with two attached hydrogens (primary N) is 1. The molecule has 1 aromatic heterocycles. The highest BCUT2D eigenvalue weighted by Crippen LogP contribution is 2.02. The van der Waals surface area contributed by atoms with Gasteiger partial charge in [0.05, 0.1) is 0 Å². The summed E-state index contributed by atoms with van der Waals surface area (Å²) in [5.41, 5.74) is 3.49. The zero-order valence-corrected chi connectivity index (χ0v) is 7.13. The van der Waals surface area contributed by atoms with E-state index in [1.54, 1.807) is 0 Å². The van der Waals surface area contributed by atoms with Crippen LogP contribution in [0, 0.1) is 20.8 Å². The van der Waals surface area contributed by atoms with Crippen LogP contribution in [-0.2, 0) is 0 Å². The second-order valence-electron chi connectivity index (χ2n) is 2.35. The molecule has 62 valence electrons. The molecule has 1 heterocycles. The first-order chi connectivity index (χ1) is 5.20. The predicted octanol–water partition coefficient (Wildman–Crippen LogP) is 1.34. The Balaban J connectivity index is 0.000000461. The fourth-order valence-electron chi connectivity index (χ4n) is 0.756. The van der Waals surface area contributed by atoms with Crippen molar-refractivity contribution in [1.29, 1.82) is 0 Å². The van der Waals surface area contributed by atoms with Crippen molar-refractivity contribution in [2.45, 2.75) is 20.8 Å². The molecule has 3 N–H and O–H groups in total. The van der Waals surface area contributed by atoms with Crippen LogP contribution in [0.3, 0.4) is 0 Å². The van der Waals surface area contributed by atoms with E-state index in [4.69, 9.17) is 5.21 Å². The molecule has 1 aromatic rings. The molecule has 1 rings (SSSR count). The first-order valence-corrected chi connectivity index (χ1v) is 3.37. The zero-order chi connectivity index (χ0) is 8.85. The lowest BCUT2D eigenvalue weighted by Gasteiger charge is -1.97. The minimum absolute atomic E-state index is 1.10. The van der Waals surface area contributed by atoms with Crippen molar-refractivity contribution in [3.05, 3.63) is 29.1 Å². The van der Waals surface area contributed by atoms with Crippen LogP contribution in [-0.4, -0.2) is 10.2 Å². The van der Waals surface area contributed by atoms with Gasteiger partial charge in [-0.3, -0.25) is 4.98 Å². The number of rotatable bonds is 0. The van der Waals surface area contributed by atoms with E-state index in [1.807, 2.05) is 19.9 Å². The van der Waals surface area contributed by atoms with Crippen molar-refractivity contribution in [2.75, 3.05) is 0 Å². The van der Waals surface area contributed by atoms with Crippen molar-refractivity contribution in [1.82, 2.24) is 4.98 Å². The molecule has 0 atom stereocenters. The van der Waals surface area contributed by atoms with Crippen molar-refractivity contribution in [3.63, 3.8) is 0 Å². The monoisotopic (exact) mass is 154 g/mol. The summed E-state index contributed by atoms with van der Waals surface area (Å²) in [4.78, 5) is 4.27. The van der Waals surface area contributed by atoms with Gasteiger partial charge in [0.1, 0.15) is 0 Å². The third-order valence-corrected chi connectivity index (χ3v) is 1.49. The molecule has 0 aromatic carbocycles. The SMILES string of the molecule is Cc1ccc(C)c(C)n1.NO. The first kappa shape index (κ1) is 10.1. The van der Waals surface area contributed by atoms with Crippen molar-refractivity contribution < 1.29 is 5.21 Å². The fourth-order valence-corrected chi connectivity index (χ4v) is 0.756. The van der Waals surface area contributed by atoms with Gasteiger partial charge in [0.25, 0.3) is 0 Å². The molecular weight excluding hydrogens is 140 g/mol. The van der Waals surface area contributed by atoms with E-state index in [0.29, 0.717) is 0 Å². The van der Waals surface area contributed by atoms with Gasteiger partial charge in [-0.2, -0.15) is 0 Å². The average molecular weight is 154 g/mol. The lowest BCUT2D eigenvalue weighted by atomic mass is 10.2. The van der Waals surface area contributed by atoms with Crippen LogP contribution < -0.4 is 5.90 Å². The molecule has 0 saturated carbocycles. The Labute approximate surface area is 66.8 Å².